The van der Waals surface area contributed by atoms with E-state index in [-0.39, 0.29) is 5.60 Å². The van der Waals surface area contributed by atoms with Gasteiger partial charge in [0.1, 0.15) is 0 Å². The molecule has 0 bridgehead atoms. The van der Waals surface area contributed by atoms with Gasteiger partial charge >= 0.3 is 0 Å². The van der Waals surface area contributed by atoms with Crippen LogP contribution in [0.2, 0.25) is 0 Å². The van der Waals surface area contributed by atoms with Crippen molar-refractivity contribution in [1.82, 2.24) is 0 Å². The molecule has 2 aliphatic rings. The van der Waals surface area contributed by atoms with E-state index in [0.29, 0.717) is 5.92 Å². The van der Waals surface area contributed by atoms with Gasteiger partial charge in [-0.3, -0.25) is 0 Å². The van der Waals surface area contributed by atoms with Crippen LogP contribution in [0.3, 0.4) is 0 Å². The highest BCUT2D eigenvalue weighted by molar-refractivity contribution is 5.31. The molecular formula is C16H22O. The van der Waals surface area contributed by atoms with Gasteiger partial charge in [0.05, 0.1) is 5.60 Å². The number of rotatable bonds is 4. The maximum Gasteiger partial charge on any atom is 0.0757 e. The van der Waals surface area contributed by atoms with Crippen LogP contribution in [0.5, 0.6) is 0 Å². The topological polar surface area (TPSA) is 9.23 Å². The van der Waals surface area contributed by atoms with Gasteiger partial charge in [-0.05, 0) is 24.3 Å². The molecule has 2 fully saturated rings. The van der Waals surface area contributed by atoms with Gasteiger partial charge in [0.2, 0.25) is 0 Å². The molecule has 3 rings (SSSR count). The fraction of sp³-hybridized carbons (Fsp3) is 0.625. The Kier molecular flexibility index (Phi) is 2.96. The lowest BCUT2D eigenvalue weighted by molar-refractivity contribution is 0.0529. The molecule has 0 spiro atoms. The molecule has 1 nitrogen and oxygen atoms in total. The second-order valence-electron chi connectivity index (χ2n) is 5.79. The second kappa shape index (κ2) is 4.45. The fourth-order valence-electron chi connectivity index (χ4n) is 3.63. The van der Waals surface area contributed by atoms with Crippen molar-refractivity contribution in [3.63, 3.8) is 0 Å². The van der Waals surface area contributed by atoms with Gasteiger partial charge < -0.3 is 4.74 Å². The lowest BCUT2D eigenvalue weighted by Crippen LogP contribution is -2.18. The van der Waals surface area contributed by atoms with E-state index in [1.54, 1.807) is 0 Å². The number of ether oxygens (including phenoxy) is 1. The molecule has 2 aliphatic carbocycles. The smallest absolute Gasteiger partial charge is 0.0757 e. The lowest BCUT2D eigenvalue weighted by atomic mass is 9.95. The maximum atomic E-state index is 5.88. The Hall–Kier alpha value is -0.820. The molecule has 0 aliphatic heterocycles. The van der Waals surface area contributed by atoms with Gasteiger partial charge in [-0.15, -0.1) is 0 Å². The molecule has 0 aromatic heterocycles. The SMILES string of the molecule is COC1(CC2CCCC2)CC1c1ccccc1. The number of benzene rings is 1. The minimum Gasteiger partial charge on any atom is -0.378 e. The molecule has 2 atom stereocenters. The summed E-state index contributed by atoms with van der Waals surface area (Å²) in [5, 5.41) is 0. The molecule has 2 saturated carbocycles. The predicted molar refractivity (Wildman–Crippen MR) is 70.1 cm³/mol. The Morgan fingerprint density at radius 2 is 1.88 bits per heavy atom. The summed E-state index contributed by atoms with van der Waals surface area (Å²) in [4.78, 5) is 0. The van der Waals surface area contributed by atoms with E-state index in [2.05, 4.69) is 30.3 Å². The Bertz CT molecular complexity index is 366. The number of hydrogen-bond donors (Lipinski definition) is 0. The molecule has 0 heterocycles. The van der Waals surface area contributed by atoms with Crippen LogP contribution in [-0.2, 0) is 4.74 Å². The molecule has 92 valence electrons. The Morgan fingerprint density at radius 1 is 1.18 bits per heavy atom. The minimum absolute atomic E-state index is 0.177. The first-order valence-electron chi connectivity index (χ1n) is 6.94. The first-order valence-corrected chi connectivity index (χ1v) is 6.94. The summed E-state index contributed by atoms with van der Waals surface area (Å²) in [5.41, 5.74) is 1.64. The van der Waals surface area contributed by atoms with Gasteiger partial charge in [-0.1, -0.05) is 56.0 Å². The normalized spacial score (nSPS) is 32.9. The first-order chi connectivity index (χ1) is 8.34. The van der Waals surface area contributed by atoms with Gasteiger partial charge in [-0.25, -0.2) is 0 Å². The van der Waals surface area contributed by atoms with Crippen LogP contribution in [0.4, 0.5) is 0 Å². The van der Waals surface area contributed by atoms with Gasteiger partial charge in [0.15, 0.2) is 0 Å². The van der Waals surface area contributed by atoms with Crippen molar-refractivity contribution in [1.29, 1.82) is 0 Å². The lowest BCUT2D eigenvalue weighted by Gasteiger charge is -2.20. The van der Waals surface area contributed by atoms with Crippen LogP contribution in [0, 0.1) is 5.92 Å². The van der Waals surface area contributed by atoms with Gasteiger partial charge in [0.25, 0.3) is 0 Å². The van der Waals surface area contributed by atoms with Crippen molar-refractivity contribution in [2.75, 3.05) is 7.11 Å². The zero-order chi connectivity index (χ0) is 11.7. The van der Waals surface area contributed by atoms with E-state index in [1.807, 2.05) is 7.11 Å². The van der Waals surface area contributed by atoms with Crippen molar-refractivity contribution in [2.24, 2.45) is 5.92 Å². The molecule has 1 heteroatoms. The Morgan fingerprint density at radius 3 is 2.53 bits per heavy atom. The highest BCUT2D eigenvalue weighted by Crippen LogP contribution is 2.58. The third kappa shape index (κ3) is 2.13. The van der Waals surface area contributed by atoms with E-state index in [0.717, 1.165) is 5.92 Å². The zero-order valence-electron chi connectivity index (χ0n) is 10.7. The molecule has 0 radical (unpaired) electrons. The Labute approximate surface area is 104 Å². The summed E-state index contributed by atoms with van der Waals surface area (Å²) in [5.74, 6) is 1.57. The minimum atomic E-state index is 0.177. The molecule has 0 amide bonds. The van der Waals surface area contributed by atoms with Crippen molar-refractivity contribution >= 4 is 0 Å². The van der Waals surface area contributed by atoms with Gasteiger partial charge in [0, 0.05) is 13.0 Å². The first kappa shape index (κ1) is 11.3. The highest BCUT2D eigenvalue weighted by atomic mass is 16.5. The largest absolute Gasteiger partial charge is 0.378 e. The van der Waals surface area contributed by atoms with Crippen molar-refractivity contribution in [2.45, 2.75) is 50.0 Å². The summed E-state index contributed by atoms with van der Waals surface area (Å²) >= 11 is 0. The average Bonchev–Trinajstić information content (AvgIpc) is 2.86. The Balaban J connectivity index is 1.69. The molecule has 17 heavy (non-hydrogen) atoms. The molecule has 2 unspecified atom stereocenters. The summed E-state index contributed by atoms with van der Waals surface area (Å²) in [6.07, 6.45) is 8.22. The van der Waals surface area contributed by atoms with Crippen molar-refractivity contribution < 1.29 is 4.74 Å². The van der Waals surface area contributed by atoms with E-state index < -0.39 is 0 Å². The van der Waals surface area contributed by atoms with Crippen LogP contribution in [0.15, 0.2) is 30.3 Å². The zero-order valence-corrected chi connectivity index (χ0v) is 10.7. The second-order valence-corrected chi connectivity index (χ2v) is 5.79. The molecular weight excluding hydrogens is 208 g/mol. The van der Waals surface area contributed by atoms with Crippen LogP contribution < -0.4 is 0 Å². The summed E-state index contributed by atoms with van der Waals surface area (Å²) in [7, 11) is 1.90. The van der Waals surface area contributed by atoms with Crippen LogP contribution in [-0.4, -0.2) is 12.7 Å². The van der Waals surface area contributed by atoms with E-state index in [4.69, 9.17) is 4.74 Å². The number of methoxy groups -OCH3 is 1. The van der Waals surface area contributed by atoms with Gasteiger partial charge in [-0.2, -0.15) is 0 Å². The molecule has 0 N–H and O–H groups in total. The monoisotopic (exact) mass is 230 g/mol. The highest BCUT2D eigenvalue weighted by Gasteiger charge is 2.56. The third-order valence-corrected chi connectivity index (χ3v) is 4.74. The summed E-state index contributed by atoms with van der Waals surface area (Å²) in [6, 6.07) is 10.9. The average molecular weight is 230 g/mol. The van der Waals surface area contributed by atoms with Crippen LogP contribution in [0.25, 0.3) is 0 Å². The fourth-order valence-corrected chi connectivity index (χ4v) is 3.63. The molecule has 1 aromatic carbocycles. The van der Waals surface area contributed by atoms with E-state index >= 15 is 0 Å². The molecule has 0 saturated heterocycles. The number of hydrogen-bond acceptors (Lipinski definition) is 1. The van der Waals surface area contributed by atoms with Crippen LogP contribution in [0.1, 0.15) is 50.0 Å². The molecule has 1 aromatic rings. The van der Waals surface area contributed by atoms with Crippen LogP contribution >= 0.6 is 0 Å². The maximum absolute atomic E-state index is 5.88. The predicted octanol–water partition coefficient (Wildman–Crippen LogP) is 4.14. The van der Waals surface area contributed by atoms with Crippen molar-refractivity contribution in [3.8, 4) is 0 Å². The van der Waals surface area contributed by atoms with E-state index in [1.165, 1.54) is 44.1 Å². The van der Waals surface area contributed by atoms with E-state index in [9.17, 15) is 0 Å². The standard InChI is InChI=1S/C16H22O/c1-17-16(11-13-7-5-6-8-13)12-15(16)14-9-3-2-4-10-14/h2-4,9-10,13,15H,5-8,11-12H2,1H3. The van der Waals surface area contributed by atoms with Crippen molar-refractivity contribution in [3.05, 3.63) is 35.9 Å². The quantitative estimate of drug-likeness (QED) is 0.755. The summed E-state index contributed by atoms with van der Waals surface area (Å²) < 4.78 is 5.88. The third-order valence-electron chi connectivity index (χ3n) is 4.74. The summed E-state index contributed by atoms with van der Waals surface area (Å²) in [6.45, 7) is 0.